The molecule has 4 nitrogen and oxygen atoms in total. The van der Waals surface area contributed by atoms with E-state index in [-0.39, 0.29) is 0 Å². The topological polar surface area (TPSA) is 55.0 Å². The molecule has 0 radical (unpaired) electrons. The number of nitrogen functional groups attached to an aromatic ring is 1. The molecule has 0 saturated heterocycles. The van der Waals surface area contributed by atoms with E-state index in [1.165, 1.54) is 5.56 Å². The minimum Gasteiger partial charge on any atom is -0.399 e. The molecule has 1 aromatic heterocycles. The summed E-state index contributed by atoms with van der Waals surface area (Å²) in [5.41, 5.74) is 7.71. The van der Waals surface area contributed by atoms with Crippen molar-refractivity contribution in [1.82, 2.24) is 10.2 Å². The van der Waals surface area contributed by atoms with Gasteiger partial charge in [0.15, 0.2) is 5.82 Å². The molecule has 0 atom stereocenters. The summed E-state index contributed by atoms with van der Waals surface area (Å²) >= 11 is 0. The van der Waals surface area contributed by atoms with Gasteiger partial charge in [0.25, 0.3) is 0 Å². The van der Waals surface area contributed by atoms with E-state index in [0.29, 0.717) is 0 Å². The summed E-state index contributed by atoms with van der Waals surface area (Å²) in [5, 5.41) is 8.09. The lowest BCUT2D eigenvalue weighted by atomic mass is 10.2. The first-order chi connectivity index (χ1) is 8.79. The van der Waals surface area contributed by atoms with Crippen molar-refractivity contribution in [3.63, 3.8) is 0 Å². The van der Waals surface area contributed by atoms with E-state index >= 15 is 0 Å². The van der Waals surface area contributed by atoms with Crippen LogP contribution in [0.1, 0.15) is 18.9 Å². The summed E-state index contributed by atoms with van der Waals surface area (Å²) in [4.78, 5) is 2.22. The number of hydrogen-bond acceptors (Lipinski definition) is 4. The van der Waals surface area contributed by atoms with Crippen molar-refractivity contribution in [2.24, 2.45) is 0 Å². The van der Waals surface area contributed by atoms with Crippen molar-refractivity contribution < 1.29 is 0 Å². The lowest BCUT2D eigenvalue weighted by molar-refractivity contribution is 0.744. The Morgan fingerprint density at radius 3 is 2.56 bits per heavy atom. The molecule has 1 aromatic carbocycles. The van der Waals surface area contributed by atoms with Gasteiger partial charge in [0.05, 0.1) is 0 Å². The number of anilines is 2. The molecule has 0 fully saturated rings. The van der Waals surface area contributed by atoms with Crippen molar-refractivity contribution in [2.45, 2.75) is 19.9 Å². The molecular formula is C14H18N4. The summed E-state index contributed by atoms with van der Waals surface area (Å²) < 4.78 is 0. The number of benzene rings is 1. The highest BCUT2D eigenvalue weighted by Crippen LogP contribution is 2.14. The Labute approximate surface area is 107 Å². The third-order valence-electron chi connectivity index (χ3n) is 2.73. The molecule has 2 aromatic rings. The number of aromatic nitrogens is 2. The zero-order valence-electron chi connectivity index (χ0n) is 10.6. The van der Waals surface area contributed by atoms with Crippen LogP contribution in [0.25, 0.3) is 0 Å². The fraction of sp³-hybridized carbons (Fsp3) is 0.286. The molecule has 0 aliphatic rings. The second-order valence-electron chi connectivity index (χ2n) is 4.24. The van der Waals surface area contributed by atoms with E-state index in [4.69, 9.17) is 5.73 Å². The molecule has 1 heterocycles. The predicted octanol–water partition coefficient (Wildman–Crippen LogP) is 2.48. The lowest BCUT2D eigenvalue weighted by Crippen LogP contribution is -2.24. The highest BCUT2D eigenvalue weighted by molar-refractivity contribution is 5.42. The molecule has 0 bridgehead atoms. The maximum absolute atomic E-state index is 5.69. The van der Waals surface area contributed by atoms with Crippen LogP contribution in [0.2, 0.25) is 0 Å². The second kappa shape index (κ2) is 6.00. The molecule has 0 aliphatic heterocycles. The molecule has 0 unspecified atom stereocenters. The van der Waals surface area contributed by atoms with Crippen LogP contribution in [0.4, 0.5) is 11.5 Å². The van der Waals surface area contributed by atoms with Crippen LogP contribution in [0.3, 0.4) is 0 Å². The van der Waals surface area contributed by atoms with Gasteiger partial charge in [-0.05, 0) is 36.2 Å². The largest absolute Gasteiger partial charge is 0.399 e. The summed E-state index contributed by atoms with van der Waals surface area (Å²) in [6, 6.07) is 11.9. The SMILES string of the molecule is CCCN(Cc1ccc(N)cc1)c1cccnn1. The monoisotopic (exact) mass is 242 g/mol. The number of hydrogen-bond donors (Lipinski definition) is 1. The Kier molecular flexibility index (Phi) is 4.12. The fourth-order valence-electron chi connectivity index (χ4n) is 1.85. The van der Waals surface area contributed by atoms with Crippen molar-refractivity contribution in [1.29, 1.82) is 0 Å². The molecule has 18 heavy (non-hydrogen) atoms. The van der Waals surface area contributed by atoms with Gasteiger partial charge in [-0.25, -0.2) is 0 Å². The van der Waals surface area contributed by atoms with Crippen LogP contribution in [-0.4, -0.2) is 16.7 Å². The third-order valence-corrected chi connectivity index (χ3v) is 2.73. The van der Waals surface area contributed by atoms with E-state index in [9.17, 15) is 0 Å². The fourth-order valence-corrected chi connectivity index (χ4v) is 1.85. The Hall–Kier alpha value is -2.10. The van der Waals surface area contributed by atoms with Crippen LogP contribution < -0.4 is 10.6 Å². The van der Waals surface area contributed by atoms with Gasteiger partial charge in [0.1, 0.15) is 0 Å². The molecule has 2 rings (SSSR count). The van der Waals surface area contributed by atoms with Crippen LogP contribution in [0.15, 0.2) is 42.6 Å². The zero-order valence-corrected chi connectivity index (χ0v) is 10.6. The van der Waals surface area contributed by atoms with Gasteiger partial charge in [-0.2, -0.15) is 5.10 Å². The van der Waals surface area contributed by atoms with Gasteiger partial charge < -0.3 is 10.6 Å². The third kappa shape index (κ3) is 3.20. The van der Waals surface area contributed by atoms with E-state index in [1.807, 2.05) is 36.4 Å². The molecule has 2 N–H and O–H groups in total. The van der Waals surface area contributed by atoms with Gasteiger partial charge in [0.2, 0.25) is 0 Å². The Bertz CT molecular complexity index is 467. The number of nitrogens with two attached hydrogens (primary N) is 1. The highest BCUT2D eigenvalue weighted by Gasteiger charge is 2.07. The first-order valence-electron chi connectivity index (χ1n) is 6.16. The van der Waals surface area contributed by atoms with E-state index in [2.05, 4.69) is 22.0 Å². The molecule has 0 aliphatic carbocycles. The van der Waals surface area contributed by atoms with Gasteiger partial charge >= 0.3 is 0 Å². The smallest absolute Gasteiger partial charge is 0.151 e. The Balaban J connectivity index is 2.14. The average Bonchev–Trinajstić information content (AvgIpc) is 2.42. The van der Waals surface area contributed by atoms with E-state index < -0.39 is 0 Å². The van der Waals surface area contributed by atoms with Crippen LogP contribution in [0.5, 0.6) is 0 Å². The first kappa shape index (κ1) is 12.4. The van der Waals surface area contributed by atoms with E-state index in [1.54, 1.807) is 6.20 Å². The van der Waals surface area contributed by atoms with Crippen molar-refractivity contribution in [3.8, 4) is 0 Å². The summed E-state index contributed by atoms with van der Waals surface area (Å²) in [5.74, 6) is 0.913. The lowest BCUT2D eigenvalue weighted by Gasteiger charge is -2.22. The van der Waals surface area contributed by atoms with Gasteiger partial charge in [0, 0.05) is 25.0 Å². The maximum Gasteiger partial charge on any atom is 0.151 e. The maximum atomic E-state index is 5.69. The molecule has 94 valence electrons. The molecule has 4 heteroatoms. The average molecular weight is 242 g/mol. The summed E-state index contributed by atoms with van der Waals surface area (Å²) in [7, 11) is 0. The standard InChI is InChI=1S/C14H18N4/c1-2-10-18(14-4-3-9-16-17-14)11-12-5-7-13(15)8-6-12/h3-9H,2,10-11,15H2,1H3. The molecule has 0 amide bonds. The Morgan fingerprint density at radius 2 is 1.94 bits per heavy atom. The minimum absolute atomic E-state index is 0.792. The predicted molar refractivity (Wildman–Crippen MR) is 74.2 cm³/mol. The quantitative estimate of drug-likeness (QED) is 0.818. The molecular weight excluding hydrogens is 224 g/mol. The van der Waals surface area contributed by atoms with Gasteiger partial charge in [-0.15, -0.1) is 5.10 Å². The number of nitrogens with zero attached hydrogens (tertiary/aromatic N) is 3. The molecule has 0 saturated carbocycles. The minimum atomic E-state index is 0.792. The Morgan fingerprint density at radius 1 is 1.17 bits per heavy atom. The summed E-state index contributed by atoms with van der Waals surface area (Å²) in [6.07, 6.45) is 2.77. The first-order valence-corrected chi connectivity index (χ1v) is 6.16. The normalized spacial score (nSPS) is 10.3. The van der Waals surface area contributed by atoms with Crippen molar-refractivity contribution in [3.05, 3.63) is 48.2 Å². The van der Waals surface area contributed by atoms with Crippen LogP contribution >= 0.6 is 0 Å². The highest BCUT2D eigenvalue weighted by atomic mass is 15.3. The molecule has 0 spiro atoms. The second-order valence-corrected chi connectivity index (χ2v) is 4.24. The van der Waals surface area contributed by atoms with Gasteiger partial charge in [-0.3, -0.25) is 0 Å². The zero-order chi connectivity index (χ0) is 12.8. The van der Waals surface area contributed by atoms with Crippen LogP contribution in [0, 0.1) is 0 Å². The number of rotatable bonds is 5. The van der Waals surface area contributed by atoms with Gasteiger partial charge in [-0.1, -0.05) is 19.1 Å². The summed E-state index contributed by atoms with van der Waals surface area (Å²) in [6.45, 7) is 3.95. The van der Waals surface area contributed by atoms with Crippen LogP contribution in [-0.2, 0) is 6.54 Å². The van der Waals surface area contributed by atoms with E-state index in [0.717, 1.165) is 31.0 Å². The van der Waals surface area contributed by atoms with Crippen molar-refractivity contribution in [2.75, 3.05) is 17.2 Å². The van der Waals surface area contributed by atoms with Crippen molar-refractivity contribution >= 4 is 11.5 Å².